The highest BCUT2D eigenvalue weighted by Crippen LogP contribution is 2.16. The van der Waals surface area contributed by atoms with Crippen molar-refractivity contribution in [1.29, 1.82) is 0 Å². The molecule has 53 valence electrons. The number of hydrogen-bond acceptors (Lipinski definition) is 0. The van der Waals surface area contributed by atoms with Crippen LogP contribution in [0.3, 0.4) is 0 Å². The molecule has 0 atom stereocenters. The largest absolute Gasteiger partial charge is 0.232 e. The van der Waals surface area contributed by atoms with Crippen molar-refractivity contribution in [1.82, 2.24) is 0 Å². The molecule has 3 heteroatoms. The molecule has 1 radical (unpaired) electrons. The van der Waals surface area contributed by atoms with Gasteiger partial charge in [-0.2, -0.15) is 0 Å². The normalized spacial score (nSPS) is 9.90. The van der Waals surface area contributed by atoms with Gasteiger partial charge in [-0.3, -0.25) is 0 Å². The van der Waals surface area contributed by atoms with Gasteiger partial charge in [-0.05, 0) is 18.2 Å². The second kappa shape index (κ2) is 2.99. The zero-order valence-corrected chi connectivity index (χ0v) is 5.86. The van der Waals surface area contributed by atoms with Crippen LogP contribution >= 0.6 is 11.6 Å². The second-order valence-electron chi connectivity index (χ2n) is 1.88. The fourth-order valence-electron chi connectivity index (χ4n) is 0.654. The van der Waals surface area contributed by atoms with Crippen molar-refractivity contribution in [3.8, 4) is 0 Å². The summed E-state index contributed by atoms with van der Waals surface area (Å²) in [5.74, 6) is -0.421. The van der Waals surface area contributed by atoms with Crippen LogP contribution < -0.4 is 0 Å². The van der Waals surface area contributed by atoms with Crippen LogP contribution in [-0.2, 0) is 11.7 Å². The molecule has 0 saturated carbocycles. The highest BCUT2D eigenvalue weighted by molar-refractivity contribution is 6.31. The summed E-state index contributed by atoms with van der Waals surface area (Å²) in [5, 5.41) is 10.6. The Kier molecular flexibility index (Phi) is 2.25. The molecule has 0 amide bonds. The Morgan fingerprint density at radius 3 is 2.70 bits per heavy atom. The van der Waals surface area contributed by atoms with Gasteiger partial charge < -0.3 is 0 Å². The maximum absolute atomic E-state index is 12.3. The minimum Gasteiger partial charge on any atom is -0.232 e. The van der Waals surface area contributed by atoms with Crippen LogP contribution in [0.1, 0.15) is 5.56 Å². The van der Waals surface area contributed by atoms with Gasteiger partial charge in [-0.1, -0.05) is 11.6 Å². The van der Waals surface area contributed by atoms with Gasteiger partial charge in [0.2, 0.25) is 0 Å². The monoisotopic (exact) mass is 159 g/mol. The van der Waals surface area contributed by atoms with Crippen molar-refractivity contribution < 1.29 is 9.50 Å². The van der Waals surface area contributed by atoms with Gasteiger partial charge in [0.1, 0.15) is 12.4 Å². The first-order valence-corrected chi connectivity index (χ1v) is 3.14. The molecule has 1 rings (SSSR count). The van der Waals surface area contributed by atoms with E-state index in [1.807, 2.05) is 0 Å². The smallest absolute Gasteiger partial charge is 0.123 e. The summed E-state index contributed by atoms with van der Waals surface area (Å²) in [6.45, 7) is -0.476. The molecule has 0 unspecified atom stereocenters. The van der Waals surface area contributed by atoms with E-state index in [2.05, 4.69) is 0 Å². The van der Waals surface area contributed by atoms with Crippen LogP contribution in [0.4, 0.5) is 4.39 Å². The van der Waals surface area contributed by atoms with E-state index in [1.54, 1.807) is 0 Å². The van der Waals surface area contributed by atoms with Crippen LogP contribution in [0.25, 0.3) is 0 Å². The summed E-state index contributed by atoms with van der Waals surface area (Å²) in [6, 6.07) is 3.75. The summed E-state index contributed by atoms with van der Waals surface area (Å²) in [4.78, 5) is 0. The topological polar surface area (TPSA) is 19.9 Å². The van der Waals surface area contributed by atoms with Gasteiger partial charge in [0.15, 0.2) is 0 Å². The minimum absolute atomic E-state index is 0.307. The Labute approximate surface area is 63.1 Å². The molecular formula is C7H5ClFO. The molecular weight excluding hydrogens is 155 g/mol. The SMILES string of the molecule is [O]Cc1cc(F)ccc1Cl. The minimum atomic E-state index is -0.476. The fraction of sp³-hybridized carbons (Fsp3) is 0.143. The number of rotatable bonds is 1. The number of hydrogen-bond donors (Lipinski definition) is 0. The summed E-state index contributed by atoms with van der Waals surface area (Å²) in [6.07, 6.45) is 0. The highest BCUT2D eigenvalue weighted by atomic mass is 35.5. The number of halogens is 2. The van der Waals surface area contributed by atoms with Gasteiger partial charge >= 0.3 is 0 Å². The van der Waals surface area contributed by atoms with E-state index < -0.39 is 12.4 Å². The Bertz CT molecular complexity index is 237. The Hall–Kier alpha value is -0.600. The first-order chi connectivity index (χ1) is 4.74. The molecule has 0 aromatic heterocycles. The van der Waals surface area contributed by atoms with Crippen molar-refractivity contribution in [2.24, 2.45) is 0 Å². The molecule has 1 nitrogen and oxygen atoms in total. The van der Waals surface area contributed by atoms with E-state index >= 15 is 0 Å². The Balaban J connectivity index is 3.09. The lowest BCUT2D eigenvalue weighted by Gasteiger charge is -1.96. The lowest BCUT2D eigenvalue weighted by Crippen LogP contribution is -1.84. The third-order valence-corrected chi connectivity index (χ3v) is 1.53. The molecule has 0 saturated heterocycles. The van der Waals surface area contributed by atoms with E-state index in [0.717, 1.165) is 6.07 Å². The van der Waals surface area contributed by atoms with Crippen LogP contribution in [0, 0.1) is 5.82 Å². The third-order valence-electron chi connectivity index (χ3n) is 1.16. The number of benzene rings is 1. The molecule has 0 spiro atoms. The molecule has 0 heterocycles. The molecule has 0 N–H and O–H groups in total. The van der Waals surface area contributed by atoms with Crippen molar-refractivity contribution in [2.75, 3.05) is 0 Å². The molecule has 1 aromatic rings. The van der Waals surface area contributed by atoms with Crippen molar-refractivity contribution in [3.63, 3.8) is 0 Å². The van der Waals surface area contributed by atoms with Gasteiger partial charge in [0.25, 0.3) is 0 Å². The maximum atomic E-state index is 12.3. The standard InChI is InChI=1S/C7H5ClFO/c8-7-2-1-6(9)3-5(7)4-10/h1-3H,4H2. The van der Waals surface area contributed by atoms with Gasteiger partial charge in [-0.25, -0.2) is 9.50 Å². The van der Waals surface area contributed by atoms with E-state index in [0.29, 0.717) is 10.6 Å². The third kappa shape index (κ3) is 1.46. The van der Waals surface area contributed by atoms with Crippen LogP contribution in [-0.4, -0.2) is 0 Å². The molecule has 0 aliphatic carbocycles. The molecule has 0 aliphatic rings. The predicted octanol–water partition coefficient (Wildman–Crippen LogP) is 2.41. The van der Waals surface area contributed by atoms with E-state index in [-0.39, 0.29) is 0 Å². The van der Waals surface area contributed by atoms with Crippen LogP contribution in [0.2, 0.25) is 5.02 Å². The lowest BCUT2D eigenvalue weighted by atomic mass is 10.2. The summed E-state index contributed by atoms with van der Waals surface area (Å²) in [7, 11) is 0. The summed E-state index contributed by atoms with van der Waals surface area (Å²) in [5.41, 5.74) is 0.307. The Morgan fingerprint density at radius 1 is 1.50 bits per heavy atom. The molecule has 1 aromatic carbocycles. The molecule has 0 fully saturated rings. The van der Waals surface area contributed by atoms with E-state index in [4.69, 9.17) is 11.6 Å². The lowest BCUT2D eigenvalue weighted by molar-refractivity contribution is 0.177. The second-order valence-corrected chi connectivity index (χ2v) is 2.29. The summed E-state index contributed by atoms with van der Waals surface area (Å²) < 4.78 is 12.3. The zero-order chi connectivity index (χ0) is 7.56. The van der Waals surface area contributed by atoms with Gasteiger partial charge in [-0.15, -0.1) is 0 Å². The predicted molar refractivity (Wildman–Crippen MR) is 35.8 cm³/mol. The van der Waals surface area contributed by atoms with Gasteiger partial charge in [0, 0.05) is 10.6 Å². The van der Waals surface area contributed by atoms with Crippen LogP contribution in [0.15, 0.2) is 18.2 Å². The van der Waals surface area contributed by atoms with E-state index in [9.17, 15) is 9.50 Å². The van der Waals surface area contributed by atoms with Gasteiger partial charge in [0.05, 0.1) is 0 Å². The molecule has 0 aliphatic heterocycles. The Morgan fingerprint density at radius 2 is 2.20 bits per heavy atom. The quantitative estimate of drug-likeness (QED) is 0.600. The fourth-order valence-corrected chi connectivity index (χ4v) is 0.826. The van der Waals surface area contributed by atoms with Crippen molar-refractivity contribution in [2.45, 2.75) is 6.61 Å². The van der Waals surface area contributed by atoms with E-state index in [1.165, 1.54) is 12.1 Å². The summed E-state index contributed by atoms with van der Waals surface area (Å²) >= 11 is 5.53. The first-order valence-electron chi connectivity index (χ1n) is 2.76. The maximum Gasteiger partial charge on any atom is 0.123 e. The highest BCUT2D eigenvalue weighted by Gasteiger charge is 1.99. The average Bonchev–Trinajstić information content (AvgIpc) is 1.94. The van der Waals surface area contributed by atoms with Crippen LogP contribution in [0.5, 0.6) is 0 Å². The average molecular weight is 160 g/mol. The van der Waals surface area contributed by atoms with Crippen molar-refractivity contribution >= 4 is 11.6 Å². The molecule has 0 bridgehead atoms. The zero-order valence-electron chi connectivity index (χ0n) is 5.10. The van der Waals surface area contributed by atoms with Crippen molar-refractivity contribution in [3.05, 3.63) is 34.6 Å². The molecule has 10 heavy (non-hydrogen) atoms. The first kappa shape index (κ1) is 7.51.